The highest BCUT2D eigenvalue weighted by Gasteiger charge is 2.29. The van der Waals surface area contributed by atoms with Crippen molar-refractivity contribution < 1.29 is 14.4 Å². The van der Waals surface area contributed by atoms with Crippen molar-refractivity contribution in [1.82, 2.24) is 14.8 Å². The van der Waals surface area contributed by atoms with E-state index in [4.69, 9.17) is 23.2 Å². The maximum absolute atomic E-state index is 12.1. The molecule has 0 saturated carbocycles. The summed E-state index contributed by atoms with van der Waals surface area (Å²) in [5, 5.41) is 2.59. The fourth-order valence-electron chi connectivity index (χ4n) is 1.69. The van der Waals surface area contributed by atoms with Crippen molar-refractivity contribution in [3.8, 4) is 0 Å². The molecule has 1 aliphatic heterocycles. The molecule has 96 valence electrons. The van der Waals surface area contributed by atoms with Gasteiger partial charge in [-0.1, -0.05) is 23.2 Å². The lowest BCUT2D eigenvalue weighted by Crippen LogP contribution is -2.53. The first-order valence-electron chi connectivity index (χ1n) is 5.03. The smallest absolute Gasteiger partial charge is 0.271 e. The first-order chi connectivity index (χ1) is 8.40. The van der Waals surface area contributed by atoms with E-state index in [0.29, 0.717) is 0 Å². The number of rotatable bonds is 1. The molecule has 0 radical (unpaired) electrons. The van der Waals surface area contributed by atoms with Crippen LogP contribution in [0.25, 0.3) is 0 Å². The molecule has 0 aliphatic carbocycles. The number of aromatic nitrogens is 1. The molecule has 1 saturated heterocycles. The van der Waals surface area contributed by atoms with Gasteiger partial charge in [-0.3, -0.25) is 19.7 Å². The van der Waals surface area contributed by atoms with Gasteiger partial charge in [-0.2, -0.15) is 0 Å². The number of nitrogens with one attached hydrogen (secondary N) is 1. The summed E-state index contributed by atoms with van der Waals surface area (Å²) in [6.07, 6.45) is 0. The largest absolute Gasteiger partial charge is 0.329 e. The molecular weight excluding hydrogens is 281 g/mol. The van der Waals surface area contributed by atoms with E-state index in [1.807, 2.05) is 0 Å². The Morgan fingerprint density at radius 1 is 1.28 bits per heavy atom. The van der Waals surface area contributed by atoms with Crippen LogP contribution in [0.1, 0.15) is 10.5 Å². The van der Waals surface area contributed by atoms with E-state index < -0.39 is 17.7 Å². The third kappa shape index (κ3) is 2.21. The number of nitrogens with zero attached hydrogens (tertiary/aromatic N) is 2. The van der Waals surface area contributed by atoms with Crippen molar-refractivity contribution >= 4 is 40.9 Å². The molecule has 18 heavy (non-hydrogen) atoms. The van der Waals surface area contributed by atoms with Crippen LogP contribution in [-0.4, -0.2) is 40.3 Å². The monoisotopic (exact) mass is 289 g/mol. The maximum atomic E-state index is 12.1. The fourth-order valence-corrected chi connectivity index (χ4v) is 2.07. The minimum absolute atomic E-state index is 0.162. The molecule has 0 atom stereocenters. The van der Waals surface area contributed by atoms with Gasteiger partial charge in [0.2, 0.25) is 11.8 Å². The molecule has 6 nitrogen and oxygen atoms in total. The van der Waals surface area contributed by atoms with Crippen molar-refractivity contribution in [3.63, 3.8) is 0 Å². The minimum Gasteiger partial charge on any atom is -0.329 e. The lowest BCUT2D eigenvalue weighted by molar-refractivity contribution is -0.135. The van der Waals surface area contributed by atoms with Gasteiger partial charge in [0.1, 0.15) is 23.9 Å². The summed E-state index contributed by atoms with van der Waals surface area (Å²) in [6, 6.07) is 1.41. The molecule has 1 aliphatic rings. The van der Waals surface area contributed by atoms with Crippen LogP contribution in [0.5, 0.6) is 0 Å². The highest BCUT2D eigenvalue weighted by Crippen LogP contribution is 2.25. The highest BCUT2D eigenvalue weighted by molar-refractivity contribution is 6.42. The second-order valence-electron chi connectivity index (χ2n) is 3.86. The standard InChI is InChI=1S/C10H9Cl2N3O3/c1-14-6(2-5(11)9(14)12)10(18)15-3-7(16)13-8(17)4-15/h2H,3-4H2,1H3,(H,13,16,17). The number of amides is 3. The molecule has 8 heteroatoms. The molecular formula is C10H9Cl2N3O3. The Kier molecular flexibility index (Phi) is 3.32. The molecule has 1 aromatic heterocycles. The van der Waals surface area contributed by atoms with Crippen LogP contribution < -0.4 is 5.32 Å². The molecule has 1 fully saturated rings. The average Bonchev–Trinajstić information content (AvgIpc) is 2.55. The summed E-state index contributed by atoms with van der Waals surface area (Å²) in [4.78, 5) is 35.7. The highest BCUT2D eigenvalue weighted by atomic mass is 35.5. The summed E-state index contributed by atoms with van der Waals surface area (Å²) in [5.41, 5.74) is 0.229. The van der Waals surface area contributed by atoms with Gasteiger partial charge in [-0.25, -0.2) is 0 Å². The van der Waals surface area contributed by atoms with E-state index in [1.54, 1.807) is 7.05 Å². The van der Waals surface area contributed by atoms with Crippen LogP contribution in [-0.2, 0) is 16.6 Å². The van der Waals surface area contributed by atoms with E-state index in [0.717, 1.165) is 4.90 Å². The number of imide groups is 1. The Labute approximate surface area is 112 Å². The predicted molar refractivity (Wildman–Crippen MR) is 64.5 cm³/mol. The van der Waals surface area contributed by atoms with Crippen molar-refractivity contribution in [3.05, 3.63) is 21.9 Å². The summed E-state index contributed by atoms with van der Waals surface area (Å²) in [6.45, 7) is -0.323. The van der Waals surface area contributed by atoms with E-state index in [9.17, 15) is 14.4 Å². The number of halogens is 2. The quantitative estimate of drug-likeness (QED) is 0.762. The lowest BCUT2D eigenvalue weighted by Gasteiger charge is -2.25. The second kappa shape index (κ2) is 4.62. The van der Waals surface area contributed by atoms with E-state index >= 15 is 0 Å². The van der Waals surface area contributed by atoms with Crippen LogP contribution in [0.4, 0.5) is 0 Å². The van der Waals surface area contributed by atoms with E-state index in [2.05, 4.69) is 5.32 Å². The van der Waals surface area contributed by atoms with Crippen molar-refractivity contribution in [2.24, 2.45) is 7.05 Å². The van der Waals surface area contributed by atoms with Gasteiger partial charge in [-0.05, 0) is 6.07 Å². The van der Waals surface area contributed by atoms with E-state index in [-0.39, 0.29) is 29.0 Å². The molecule has 0 spiro atoms. The van der Waals surface area contributed by atoms with Crippen LogP contribution >= 0.6 is 23.2 Å². The van der Waals surface area contributed by atoms with Crippen LogP contribution in [0.2, 0.25) is 10.2 Å². The summed E-state index contributed by atoms with van der Waals surface area (Å²) < 4.78 is 1.41. The molecule has 1 N–H and O–H groups in total. The molecule has 0 aromatic carbocycles. The summed E-state index contributed by atoms with van der Waals surface area (Å²) in [5.74, 6) is -1.48. The van der Waals surface area contributed by atoms with Crippen molar-refractivity contribution in [1.29, 1.82) is 0 Å². The Bertz CT molecular complexity index is 537. The molecule has 0 unspecified atom stereocenters. The third-order valence-electron chi connectivity index (χ3n) is 2.57. The Morgan fingerprint density at radius 2 is 1.83 bits per heavy atom. The van der Waals surface area contributed by atoms with Gasteiger partial charge in [0.15, 0.2) is 0 Å². The molecule has 1 aromatic rings. The molecule has 3 amide bonds. The number of carbonyl (C=O) groups is 3. The zero-order valence-electron chi connectivity index (χ0n) is 9.37. The van der Waals surface area contributed by atoms with Crippen LogP contribution in [0, 0.1) is 0 Å². The van der Waals surface area contributed by atoms with Gasteiger partial charge in [0.25, 0.3) is 5.91 Å². The average molecular weight is 290 g/mol. The third-order valence-corrected chi connectivity index (χ3v) is 3.41. The lowest BCUT2D eigenvalue weighted by atomic mass is 10.3. The topological polar surface area (TPSA) is 71.4 Å². The number of hydrogen-bond acceptors (Lipinski definition) is 3. The minimum atomic E-state index is -0.508. The number of carbonyl (C=O) groups excluding carboxylic acids is 3. The molecule has 0 bridgehead atoms. The molecule has 2 heterocycles. The second-order valence-corrected chi connectivity index (χ2v) is 4.63. The SMILES string of the molecule is Cn1c(C(=O)N2CC(=O)NC(=O)C2)cc(Cl)c1Cl. The van der Waals surface area contributed by atoms with Gasteiger partial charge in [0, 0.05) is 7.05 Å². The van der Waals surface area contributed by atoms with Gasteiger partial charge < -0.3 is 9.47 Å². The summed E-state index contributed by atoms with van der Waals surface area (Å²) in [7, 11) is 1.58. The first-order valence-corrected chi connectivity index (χ1v) is 5.78. The fraction of sp³-hybridized carbons (Fsp3) is 0.300. The zero-order valence-corrected chi connectivity index (χ0v) is 10.9. The van der Waals surface area contributed by atoms with Gasteiger partial charge in [0.05, 0.1) is 5.02 Å². The van der Waals surface area contributed by atoms with E-state index in [1.165, 1.54) is 10.6 Å². The summed E-state index contributed by atoms with van der Waals surface area (Å²) >= 11 is 11.7. The number of piperazine rings is 1. The van der Waals surface area contributed by atoms with Crippen LogP contribution in [0.15, 0.2) is 6.07 Å². The van der Waals surface area contributed by atoms with Gasteiger partial charge in [-0.15, -0.1) is 0 Å². The first kappa shape index (κ1) is 12.9. The normalized spacial score (nSPS) is 15.8. The Morgan fingerprint density at radius 3 is 2.28 bits per heavy atom. The number of hydrogen-bond donors (Lipinski definition) is 1. The van der Waals surface area contributed by atoms with Crippen molar-refractivity contribution in [2.75, 3.05) is 13.1 Å². The molecule has 2 rings (SSSR count). The maximum Gasteiger partial charge on any atom is 0.271 e. The predicted octanol–water partition coefficient (Wildman–Crippen LogP) is 0.431. The van der Waals surface area contributed by atoms with Gasteiger partial charge >= 0.3 is 0 Å². The Hall–Kier alpha value is -1.53. The van der Waals surface area contributed by atoms with Crippen LogP contribution in [0.3, 0.4) is 0 Å². The Balaban J connectivity index is 2.28. The zero-order chi connectivity index (χ0) is 13.4. The van der Waals surface area contributed by atoms with Crippen molar-refractivity contribution in [2.45, 2.75) is 0 Å².